The van der Waals surface area contributed by atoms with E-state index in [-0.39, 0.29) is 0 Å². The maximum absolute atomic E-state index is 5.02. The lowest BCUT2D eigenvalue weighted by molar-refractivity contribution is 0.319. The van der Waals surface area contributed by atoms with E-state index < -0.39 is 0 Å². The van der Waals surface area contributed by atoms with Gasteiger partial charge in [0.05, 0.1) is 16.6 Å². The Balaban J connectivity index is 1.51. The molecule has 2 N–H and O–H groups in total. The summed E-state index contributed by atoms with van der Waals surface area (Å²) in [6.45, 7) is 1.67. The quantitative estimate of drug-likeness (QED) is 0.313. The summed E-state index contributed by atoms with van der Waals surface area (Å²) in [6, 6.07) is 23.6. The number of benzene rings is 3. The SMILES string of the molecule is CN1Cc2cncc(c2)-c2ccc3[nH]nc(c3c2)-c2nc3c(cccc3[nH]2)-c2cccc(c2)C1. The number of fused-ring (bicyclic) bond motifs is 9. The fourth-order valence-corrected chi connectivity index (χ4v) is 5.00. The molecule has 4 heterocycles. The first kappa shape index (κ1) is 19.2. The molecule has 3 aromatic carbocycles. The van der Waals surface area contributed by atoms with Crippen molar-refractivity contribution in [1.82, 2.24) is 30.0 Å². The molecule has 164 valence electrons. The number of rotatable bonds is 0. The predicted molar refractivity (Wildman–Crippen MR) is 135 cm³/mol. The van der Waals surface area contributed by atoms with Crippen LogP contribution >= 0.6 is 0 Å². The Morgan fingerprint density at radius 1 is 0.794 bits per heavy atom. The first-order chi connectivity index (χ1) is 16.7. The first-order valence-corrected chi connectivity index (χ1v) is 11.4. The van der Waals surface area contributed by atoms with E-state index in [4.69, 9.17) is 4.98 Å². The van der Waals surface area contributed by atoms with Crippen molar-refractivity contribution in [1.29, 1.82) is 0 Å². The van der Waals surface area contributed by atoms with E-state index in [1.54, 1.807) is 0 Å². The average molecular weight is 443 g/mol. The zero-order valence-corrected chi connectivity index (χ0v) is 18.7. The molecule has 3 aromatic heterocycles. The fraction of sp³-hybridized carbons (Fsp3) is 0.107. The minimum atomic E-state index is 0.762. The molecule has 6 nitrogen and oxygen atoms in total. The molecule has 7 rings (SSSR count). The summed E-state index contributed by atoms with van der Waals surface area (Å²) in [7, 11) is 2.15. The molecule has 0 fully saturated rings. The highest BCUT2D eigenvalue weighted by atomic mass is 15.1. The third kappa shape index (κ3) is 3.11. The standard InChI is InChI=1S/C28H22N6/c1-34-15-17-4-2-5-20(10-17)22-6-3-7-25-26(22)31-28(30-25)27-23-12-19(8-9-24(23)32-33-27)21-11-18(16-34)13-29-14-21/h2-14H,15-16H2,1H3,(H,30,31)(H,32,33). The molecule has 1 aliphatic rings. The summed E-state index contributed by atoms with van der Waals surface area (Å²) in [5, 5.41) is 8.83. The number of aromatic amines is 2. The van der Waals surface area contributed by atoms with E-state index in [2.05, 4.69) is 98.8 Å². The van der Waals surface area contributed by atoms with Gasteiger partial charge in [-0.1, -0.05) is 36.4 Å². The Morgan fingerprint density at radius 2 is 1.68 bits per heavy atom. The molecule has 8 bridgehead atoms. The zero-order chi connectivity index (χ0) is 22.6. The molecule has 0 saturated carbocycles. The van der Waals surface area contributed by atoms with E-state index >= 15 is 0 Å². The van der Waals surface area contributed by atoms with Gasteiger partial charge in [-0.25, -0.2) is 4.98 Å². The molecule has 6 aromatic rings. The van der Waals surface area contributed by atoms with Gasteiger partial charge in [-0.05, 0) is 59.6 Å². The van der Waals surface area contributed by atoms with E-state index in [0.717, 1.165) is 68.8 Å². The van der Waals surface area contributed by atoms with Gasteiger partial charge in [-0.2, -0.15) is 5.10 Å². The minimum Gasteiger partial charge on any atom is -0.337 e. The summed E-state index contributed by atoms with van der Waals surface area (Å²) in [4.78, 5) is 15.4. The number of H-pyrrole nitrogens is 2. The molecule has 0 spiro atoms. The van der Waals surface area contributed by atoms with Crippen molar-refractivity contribution >= 4 is 21.9 Å². The van der Waals surface area contributed by atoms with Gasteiger partial charge >= 0.3 is 0 Å². The van der Waals surface area contributed by atoms with Crippen LogP contribution in [0.2, 0.25) is 0 Å². The molecule has 0 saturated heterocycles. The normalized spacial score (nSPS) is 13.7. The highest BCUT2D eigenvalue weighted by molar-refractivity contribution is 5.98. The van der Waals surface area contributed by atoms with E-state index in [0.29, 0.717) is 0 Å². The van der Waals surface area contributed by atoms with Gasteiger partial charge in [-0.3, -0.25) is 15.0 Å². The van der Waals surface area contributed by atoms with Crippen molar-refractivity contribution in [2.24, 2.45) is 0 Å². The maximum Gasteiger partial charge on any atom is 0.159 e. The van der Waals surface area contributed by atoms with Crippen LogP contribution < -0.4 is 0 Å². The van der Waals surface area contributed by atoms with Crippen molar-refractivity contribution in [3.63, 3.8) is 0 Å². The van der Waals surface area contributed by atoms with Crippen molar-refractivity contribution < 1.29 is 0 Å². The number of nitrogens with zero attached hydrogens (tertiary/aromatic N) is 4. The lowest BCUT2D eigenvalue weighted by atomic mass is 10.0. The van der Waals surface area contributed by atoms with Gasteiger partial charge in [-0.15, -0.1) is 0 Å². The zero-order valence-electron chi connectivity index (χ0n) is 18.7. The number of nitrogens with one attached hydrogen (secondary N) is 2. The molecular weight excluding hydrogens is 420 g/mol. The molecule has 0 amide bonds. The number of aromatic nitrogens is 5. The van der Waals surface area contributed by atoms with E-state index in [1.165, 1.54) is 11.1 Å². The van der Waals surface area contributed by atoms with Crippen molar-refractivity contribution in [2.45, 2.75) is 13.1 Å². The number of pyridine rings is 1. The second-order valence-corrected chi connectivity index (χ2v) is 9.07. The second kappa shape index (κ2) is 7.37. The van der Waals surface area contributed by atoms with Crippen LogP contribution in [0.15, 0.2) is 79.1 Å². The third-order valence-corrected chi connectivity index (χ3v) is 6.57. The van der Waals surface area contributed by atoms with Crippen LogP contribution in [0.4, 0.5) is 0 Å². The van der Waals surface area contributed by atoms with Crippen molar-refractivity contribution in [3.05, 3.63) is 90.3 Å². The second-order valence-electron chi connectivity index (χ2n) is 9.07. The Bertz CT molecular complexity index is 1690. The lowest BCUT2D eigenvalue weighted by Crippen LogP contribution is -2.17. The Kier molecular flexibility index (Phi) is 4.16. The topological polar surface area (TPSA) is 73.5 Å². The summed E-state index contributed by atoms with van der Waals surface area (Å²) in [5.74, 6) is 0.762. The van der Waals surface area contributed by atoms with Crippen LogP contribution in [-0.2, 0) is 13.1 Å². The molecule has 0 aliphatic carbocycles. The van der Waals surface area contributed by atoms with Crippen molar-refractivity contribution in [2.75, 3.05) is 7.05 Å². The van der Waals surface area contributed by atoms with Gasteiger partial charge in [0.25, 0.3) is 0 Å². The largest absolute Gasteiger partial charge is 0.337 e. The van der Waals surface area contributed by atoms with Gasteiger partial charge in [0, 0.05) is 42.0 Å². The van der Waals surface area contributed by atoms with Crippen LogP contribution in [0.3, 0.4) is 0 Å². The molecule has 6 heteroatoms. The summed E-state index contributed by atoms with van der Waals surface area (Å²) < 4.78 is 0. The number of hydrogen-bond acceptors (Lipinski definition) is 4. The van der Waals surface area contributed by atoms with E-state index in [1.807, 2.05) is 12.4 Å². The summed E-state index contributed by atoms with van der Waals surface area (Å²) >= 11 is 0. The van der Waals surface area contributed by atoms with Crippen LogP contribution in [-0.4, -0.2) is 37.1 Å². The highest BCUT2D eigenvalue weighted by Crippen LogP contribution is 2.33. The first-order valence-electron chi connectivity index (χ1n) is 11.4. The van der Waals surface area contributed by atoms with Crippen LogP contribution in [0.1, 0.15) is 11.1 Å². The smallest absolute Gasteiger partial charge is 0.159 e. The average Bonchev–Trinajstić information content (AvgIpc) is 3.47. The fourth-order valence-electron chi connectivity index (χ4n) is 5.00. The summed E-state index contributed by atoms with van der Waals surface area (Å²) in [5.41, 5.74) is 10.7. The molecule has 0 atom stereocenters. The van der Waals surface area contributed by atoms with Gasteiger partial charge < -0.3 is 4.98 Å². The Labute approximate surface area is 196 Å². The monoisotopic (exact) mass is 442 g/mol. The number of imidazole rings is 1. The lowest BCUT2D eigenvalue weighted by Gasteiger charge is -2.18. The predicted octanol–water partition coefficient (Wildman–Crippen LogP) is 5.78. The molecule has 1 aliphatic heterocycles. The third-order valence-electron chi connectivity index (χ3n) is 6.57. The van der Waals surface area contributed by atoms with Crippen LogP contribution in [0.5, 0.6) is 0 Å². The highest BCUT2D eigenvalue weighted by Gasteiger charge is 2.16. The van der Waals surface area contributed by atoms with Crippen LogP contribution in [0.25, 0.3) is 55.7 Å². The number of hydrogen-bond donors (Lipinski definition) is 2. The van der Waals surface area contributed by atoms with Gasteiger partial charge in [0.15, 0.2) is 5.82 Å². The van der Waals surface area contributed by atoms with Crippen molar-refractivity contribution in [3.8, 4) is 33.8 Å². The summed E-state index contributed by atoms with van der Waals surface area (Å²) in [6.07, 6.45) is 3.88. The Hall–Kier alpha value is -4.29. The van der Waals surface area contributed by atoms with Gasteiger partial charge in [0.1, 0.15) is 5.69 Å². The Morgan fingerprint density at radius 3 is 2.65 bits per heavy atom. The maximum atomic E-state index is 5.02. The van der Waals surface area contributed by atoms with Gasteiger partial charge in [0.2, 0.25) is 0 Å². The molecule has 0 radical (unpaired) electrons. The minimum absolute atomic E-state index is 0.762. The molecule has 0 unspecified atom stereocenters. The molecule has 34 heavy (non-hydrogen) atoms. The number of para-hydroxylation sites is 1. The van der Waals surface area contributed by atoms with Crippen LogP contribution in [0, 0.1) is 0 Å². The van der Waals surface area contributed by atoms with E-state index in [9.17, 15) is 0 Å². The molecular formula is C28H22N6.